The minimum Gasteiger partial charge on any atom is -0.508 e. The summed E-state index contributed by atoms with van der Waals surface area (Å²) in [5, 5.41) is 24.9. The summed E-state index contributed by atoms with van der Waals surface area (Å²) in [5.41, 5.74) is 0.447. The number of nitrogens with zero attached hydrogens (tertiary/aromatic N) is 1. The molecule has 2 unspecified atom stereocenters. The molecule has 0 radical (unpaired) electrons. The fourth-order valence-electron chi connectivity index (χ4n) is 2.58. The fourth-order valence-corrected chi connectivity index (χ4v) is 2.58. The molecule has 0 saturated heterocycles. The molecule has 0 fully saturated rings. The molecule has 4 N–H and O–H groups in total. The van der Waals surface area contributed by atoms with E-state index in [0.717, 1.165) is 0 Å². The van der Waals surface area contributed by atoms with Crippen LogP contribution in [0.3, 0.4) is 0 Å². The number of aliphatic hydroxyl groups is 1. The lowest BCUT2D eigenvalue weighted by Crippen LogP contribution is -2.53. The largest absolute Gasteiger partial charge is 0.508 e. The molecule has 0 heterocycles. The van der Waals surface area contributed by atoms with Crippen molar-refractivity contribution in [3.8, 4) is 5.75 Å². The summed E-state index contributed by atoms with van der Waals surface area (Å²) in [4.78, 5) is 37.4. The SMILES string of the molecule is Cc1c(O)cccc1C(=O)NC(C)C(O)C(=O)N(CC(=O)NCC(C)C)CC(F)F. The lowest BCUT2D eigenvalue weighted by atomic mass is 10.1. The highest BCUT2D eigenvalue weighted by Gasteiger charge is 2.31. The maximum Gasteiger partial charge on any atom is 0.255 e. The third-order valence-electron chi connectivity index (χ3n) is 4.35. The minimum atomic E-state index is -2.90. The number of phenols is 1. The van der Waals surface area contributed by atoms with Gasteiger partial charge in [-0.05, 0) is 31.9 Å². The Hall–Kier alpha value is -2.75. The molecule has 3 amide bonds. The van der Waals surface area contributed by atoms with Gasteiger partial charge in [-0.1, -0.05) is 19.9 Å². The molecule has 0 aliphatic heterocycles. The van der Waals surface area contributed by atoms with Crippen molar-refractivity contribution in [3.05, 3.63) is 29.3 Å². The smallest absolute Gasteiger partial charge is 0.255 e. The number of phenolic OH excluding ortho intramolecular Hbond substituents is 1. The number of hydrogen-bond acceptors (Lipinski definition) is 5. The number of nitrogens with one attached hydrogen (secondary N) is 2. The molecule has 1 rings (SSSR count). The topological polar surface area (TPSA) is 119 Å². The van der Waals surface area contributed by atoms with E-state index in [0.29, 0.717) is 17.0 Å². The second-order valence-corrected chi connectivity index (χ2v) is 7.46. The van der Waals surface area contributed by atoms with Gasteiger partial charge < -0.3 is 25.7 Å². The Labute approximate surface area is 174 Å². The molecule has 1 aromatic carbocycles. The molecule has 10 heteroatoms. The first kappa shape index (κ1) is 25.3. The first-order chi connectivity index (χ1) is 13.9. The quantitative estimate of drug-likeness (QED) is 0.443. The van der Waals surface area contributed by atoms with Crippen molar-refractivity contribution in [2.45, 2.75) is 46.3 Å². The zero-order valence-corrected chi connectivity index (χ0v) is 17.5. The predicted molar refractivity (Wildman–Crippen MR) is 106 cm³/mol. The van der Waals surface area contributed by atoms with Crippen molar-refractivity contribution in [2.75, 3.05) is 19.6 Å². The summed E-state index contributed by atoms with van der Waals surface area (Å²) in [6.07, 6.45) is -4.75. The van der Waals surface area contributed by atoms with Gasteiger partial charge in [0, 0.05) is 17.7 Å². The second kappa shape index (κ2) is 11.4. The first-order valence-electron chi connectivity index (χ1n) is 9.55. The van der Waals surface area contributed by atoms with E-state index in [2.05, 4.69) is 10.6 Å². The summed E-state index contributed by atoms with van der Waals surface area (Å²) in [7, 11) is 0. The predicted octanol–water partition coefficient (Wildman–Crippen LogP) is 1.05. The minimum absolute atomic E-state index is 0.0950. The lowest BCUT2D eigenvalue weighted by Gasteiger charge is -2.27. The highest BCUT2D eigenvalue weighted by Crippen LogP contribution is 2.19. The van der Waals surface area contributed by atoms with Gasteiger partial charge in [-0.15, -0.1) is 0 Å². The second-order valence-electron chi connectivity index (χ2n) is 7.46. The third kappa shape index (κ3) is 7.58. The van der Waals surface area contributed by atoms with Crippen molar-refractivity contribution in [1.82, 2.24) is 15.5 Å². The van der Waals surface area contributed by atoms with Crippen LogP contribution in [0.2, 0.25) is 0 Å². The summed E-state index contributed by atoms with van der Waals surface area (Å²) in [5.74, 6) is -2.34. The van der Waals surface area contributed by atoms with Crippen molar-refractivity contribution in [2.24, 2.45) is 5.92 Å². The summed E-state index contributed by atoms with van der Waals surface area (Å²) >= 11 is 0. The maximum atomic E-state index is 12.9. The Morgan fingerprint density at radius 2 is 1.80 bits per heavy atom. The van der Waals surface area contributed by atoms with Gasteiger partial charge in [0.25, 0.3) is 18.2 Å². The van der Waals surface area contributed by atoms with Crippen LogP contribution in [0.1, 0.15) is 36.7 Å². The molecule has 30 heavy (non-hydrogen) atoms. The molecule has 0 spiro atoms. The van der Waals surface area contributed by atoms with Crippen molar-refractivity contribution >= 4 is 17.7 Å². The molecule has 168 valence electrons. The molecule has 0 saturated carbocycles. The third-order valence-corrected chi connectivity index (χ3v) is 4.35. The monoisotopic (exact) mass is 429 g/mol. The Morgan fingerprint density at radius 1 is 1.17 bits per heavy atom. The van der Waals surface area contributed by atoms with E-state index in [1.165, 1.54) is 32.0 Å². The van der Waals surface area contributed by atoms with E-state index in [4.69, 9.17) is 0 Å². The van der Waals surface area contributed by atoms with Crippen molar-refractivity contribution in [1.29, 1.82) is 0 Å². The molecule has 1 aromatic rings. The van der Waals surface area contributed by atoms with Crippen molar-refractivity contribution < 1.29 is 33.4 Å². The van der Waals surface area contributed by atoms with E-state index in [1.54, 1.807) is 0 Å². The van der Waals surface area contributed by atoms with E-state index < -0.39 is 49.4 Å². The molecular formula is C20H29F2N3O5. The Balaban J connectivity index is 2.83. The first-order valence-corrected chi connectivity index (χ1v) is 9.55. The molecule has 2 atom stereocenters. The summed E-state index contributed by atoms with van der Waals surface area (Å²) in [6, 6.07) is 3.18. The number of rotatable bonds is 10. The maximum absolute atomic E-state index is 12.9. The summed E-state index contributed by atoms with van der Waals surface area (Å²) < 4.78 is 25.8. The van der Waals surface area contributed by atoms with Gasteiger partial charge >= 0.3 is 0 Å². The molecule has 8 nitrogen and oxygen atoms in total. The van der Waals surface area contributed by atoms with Gasteiger partial charge in [0.1, 0.15) is 5.75 Å². The van der Waals surface area contributed by atoms with E-state index in [-0.39, 0.29) is 17.2 Å². The van der Waals surface area contributed by atoms with Crippen molar-refractivity contribution in [3.63, 3.8) is 0 Å². The van der Waals surface area contributed by atoms with Gasteiger partial charge in [0.15, 0.2) is 6.10 Å². The average Bonchev–Trinajstić information content (AvgIpc) is 2.66. The molecule has 0 bridgehead atoms. The molecular weight excluding hydrogens is 400 g/mol. The van der Waals surface area contributed by atoms with Crippen LogP contribution in [0.15, 0.2) is 18.2 Å². The van der Waals surface area contributed by atoms with Crippen LogP contribution in [0.4, 0.5) is 8.78 Å². The Bertz CT molecular complexity index is 758. The molecule has 0 aliphatic rings. The number of amides is 3. The highest BCUT2D eigenvalue weighted by atomic mass is 19.3. The van der Waals surface area contributed by atoms with Gasteiger partial charge in [0.2, 0.25) is 5.91 Å². The highest BCUT2D eigenvalue weighted by molar-refractivity contribution is 5.97. The van der Waals surface area contributed by atoms with Gasteiger partial charge in [0.05, 0.1) is 19.1 Å². The van der Waals surface area contributed by atoms with Gasteiger partial charge in [-0.3, -0.25) is 14.4 Å². The number of aromatic hydroxyl groups is 1. The zero-order valence-electron chi connectivity index (χ0n) is 17.5. The van der Waals surface area contributed by atoms with Crippen LogP contribution in [0.5, 0.6) is 5.75 Å². The number of carbonyl (C=O) groups is 3. The average molecular weight is 429 g/mol. The number of halogens is 2. The number of alkyl halides is 2. The van der Waals surface area contributed by atoms with Gasteiger partial charge in [-0.2, -0.15) is 0 Å². The Kier molecular flexibility index (Phi) is 9.64. The van der Waals surface area contributed by atoms with E-state index in [1.807, 2.05) is 13.8 Å². The Morgan fingerprint density at radius 3 is 2.37 bits per heavy atom. The van der Waals surface area contributed by atoms with Crippen LogP contribution in [-0.4, -0.2) is 71.0 Å². The molecule has 0 aliphatic carbocycles. The van der Waals surface area contributed by atoms with Crippen LogP contribution < -0.4 is 10.6 Å². The van der Waals surface area contributed by atoms with Crippen LogP contribution in [0, 0.1) is 12.8 Å². The number of benzene rings is 1. The normalized spacial score (nSPS) is 13.1. The fraction of sp³-hybridized carbons (Fsp3) is 0.550. The number of carbonyl (C=O) groups excluding carboxylic acids is 3. The molecule has 0 aromatic heterocycles. The van der Waals surface area contributed by atoms with Crippen LogP contribution in [0.25, 0.3) is 0 Å². The van der Waals surface area contributed by atoms with E-state index >= 15 is 0 Å². The number of hydrogen-bond donors (Lipinski definition) is 4. The van der Waals surface area contributed by atoms with Gasteiger partial charge in [-0.25, -0.2) is 8.78 Å². The number of aliphatic hydroxyl groups excluding tert-OH is 1. The van der Waals surface area contributed by atoms with Crippen LogP contribution in [-0.2, 0) is 9.59 Å². The summed E-state index contributed by atoms with van der Waals surface area (Å²) in [6.45, 7) is 5.20. The van der Waals surface area contributed by atoms with Crippen LogP contribution >= 0.6 is 0 Å². The van der Waals surface area contributed by atoms with E-state index in [9.17, 15) is 33.4 Å². The zero-order chi connectivity index (χ0) is 23.0. The lowest BCUT2D eigenvalue weighted by molar-refractivity contribution is -0.146. The standard InChI is InChI=1S/C20H29F2N3O5/c1-11(2)8-23-17(27)10-25(9-16(21)22)20(30)18(28)13(4)24-19(29)14-6-5-7-15(26)12(14)3/h5-7,11,13,16,18,26,28H,8-10H2,1-4H3,(H,23,27)(H,24,29).